The minimum absolute atomic E-state index is 0.199. The van der Waals surface area contributed by atoms with Crippen LogP contribution in [0.1, 0.15) is 52.6 Å². The number of nitrogens with zero attached hydrogens (tertiary/aromatic N) is 3. The third-order valence-electron chi connectivity index (χ3n) is 6.11. The molecule has 0 spiro atoms. The van der Waals surface area contributed by atoms with Gasteiger partial charge < -0.3 is 9.88 Å². The number of amides is 1. The summed E-state index contributed by atoms with van der Waals surface area (Å²) in [7, 11) is -3.30. The van der Waals surface area contributed by atoms with E-state index in [0.29, 0.717) is 41.1 Å². The van der Waals surface area contributed by atoms with Gasteiger partial charge in [-0.25, -0.2) is 18.4 Å². The SMILES string of the molecule is CCCCn1c(Cc2ccc(C(F)(F)F)cc2)nc2cc(C(=O)NCc3ccc(S(C)(=O)=O)cc3)cnc21. The van der Waals surface area contributed by atoms with Gasteiger partial charge in [0.05, 0.1) is 16.0 Å². The van der Waals surface area contributed by atoms with Crippen LogP contribution >= 0.6 is 0 Å². The summed E-state index contributed by atoms with van der Waals surface area (Å²) in [5.74, 6) is 0.295. The zero-order valence-electron chi connectivity index (χ0n) is 20.9. The molecule has 0 aliphatic rings. The number of sulfone groups is 1. The largest absolute Gasteiger partial charge is 0.416 e. The van der Waals surface area contributed by atoms with Crippen molar-refractivity contribution >= 4 is 26.9 Å². The second kappa shape index (κ2) is 10.9. The fraction of sp³-hybridized carbons (Fsp3) is 0.296. The summed E-state index contributed by atoms with van der Waals surface area (Å²) in [4.78, 5) is 22.1. The molecule has 200 valence electrons. The summed E-state index contributed by atoms with van der Waals surface area (Å²) in [6, 6.07) is 12.9. The molecule has 1 N–H and O–H groups in total. The Kier molecular flexibility index (Phi) is 7.86. The molecule has 2 heterocycles. The normalized spacial score (nSPS) is 12.1. The van der Waals surface area contributed by atoms with Gasteiger partial charge in [0.2, 0.25) is 0 Å². The van der Waals surface area contributed by atoms with E-state index in [4.69, 9.17) is 0 Å². The maximum atomic E-state index is 12.9. The molecule has 4 rings (SSSR count). The van der Waals surface area contributed by atoms with Crippen molar-refractivity contribution in [2.75, 3.05) is 6.26 Å². The van der Waals surface area contributed by atoms with Crippen LogP contribution in [0.2, 0.25) is 0 Å². The van der Waals surface area contributed by atoms with Crippen LogP contribution in [-0.2, 0) is 35.5 Å². The van der Waals surface area contributed by atoms with E-state index >= 15 is 0 Å². The predicted molar refractivity (Wildman–Crippen MR) is 137 cm³/mol. The fourth-order valence-electron chi connectivity index (χ4n) is 4.00. The van der Waals surface area contributed by atoms with E-state index < -0.39 is 21.6 Å². The first-order valence-electron chi connectivity index (χ1n) is 12.0. The lowest BCUT2D eigenvalue weighted by atomic mass is 10.1. The van der Waals surface area contributed by atoms with Gasteiger partial charge in [0.25, 0.3) is 5.91 Å². The van der Waals surface area contributed by atoms with E-state index in [0.717, 1.165) is 36.8 Å². The number of nitrogens with one attached hydrogen (secondary N) is 1. The van der Waals surface area contributed by atoms with Crippen molar-refractivity contribution in [2.24, 2.45) is 0 Å². The maximum absolute atomic E-state index is 12.9. The summed E-state index contributed by atoms with van der Waals surface area (Å²) >= 11 is 0. The number of imidazole rings is 1. The number of halogens is 3. The highest BCUT2D eigenvalue weighted by Crippen LogP contribution is 2.29. The quantitative estimate of drug-likeness (QED) is 0.314. The molecule has 7 nitrogen and oxygen atoms in total. The second-order valence-electron chi connectivity index (χ2n) is 9.07. The zero-order valence-corrected chi connectivity index (χ0v) is 21.7. The molecule has 2 aromatic carbocycles. The standard InChI is InChI=1S/C27H27F3N4O3S/c1-3-4-13-34-24(14-18-5-9-21(10-6-18)27(28,29)30)33-23-15-20(17-31-25(23)34)26(35)32-16-19-7-11-22(12-8-19)38(2,36)37/h5-12,15,17H,3-4,13-14,16H2,1-2H3,(H,32,35). The van der Waals surface area contributed by atoms with Crippen molar-refractivity contribution in [2.45, 2.75) is 50.3 Å². The molecule has 0 saturated heterocycles. The average Bonchev–Trinajstić information content (AvgIpc) is 3.21. The third-order valence-corrected chi connectivity index (χ3v) is 7.24. The highest BCUT2D eigenvalue weighted by molar-refractivity contribution is 7.90. The molecule has 0 aliphatic heterocycles. The van der Waals surface area contributed by atoms with Crippen LogP contribution in [0.4, 0.5) is 13.2 Å². The van der Waals surface area contributed by atoms with Gasteiger partial charge in [0.15, 0.2) is 15.5 Å². The van der Waals surface area contributed by atoms with Crippen LogP contribution in [0.5, 0.6) is 0 Å². The monoisotopic (exact) mass is 544 g/mol. The molecule has 0 radical (unpaired) electrons. The van der Waals surface area contributed by atoms with E-state index in [9.17, 15) is 26.4 Å². The average molecular weight is 545 g/mol. The molecule has 0 saturated carbocycles. The van der Waals surface area contributed by atoms with E-state index in [1.54, 1.807) is 18.2 Å². The van der Waals surface area contributed by atoms with Crippen molar-refractivity contribution in [1.29, 1.82) is 0 Å². The smallest absolute Gasteiger partial charge is 0.348 e. The molecule has 0 aliphatic carbocycles. The highest BCUT2D eigenvalue weighted by Gasteiger charge is 2.30. The van der Waals surface area contributed by atoms with E-state index in [-0.39, 0.29) is 17.3 Å². The predicted octanol–water partition coefficient (Wildman–Crippen LogP) is 5.17. The lowest BCUT2D eigenvalue weighted by Gasteiger charge is -2.10. The van der Waals surface area contributed by atoms with Gasteiger partial charge in [0.1, 0.15) is 11.3 Å². The van der Waals surface area contributed by atoms with Gasteiger partial charge in [-0.15, -0.1) is 0 Å². The maximum Gasteiger partial charge on any atom is 0.416 e. The topological polar surface area (TPSA) is 94.0 Å². The molecule has 0 bridgehead atoms. The molecule has 11 heteroatoms. The van der Waals surface area contributed by atoms with Crippen molar-refractivity contribution < 1.29 is 26.4 Å². The number of carbonyl (C=O) groups excluding carboxylic acids is 1. The second-order valence-corrected chi connectivity index (χ2v) is 11.1. The number of hydrogen-bond acceptors (Lipinski definition) is 5. The summed E-state index contributed by atoms with van der Waals surface area (Å²) < 4.78 is 63.9. The van der Waals surface area contributed by atoms with Crippen LogP contribution in [0, 0.1) is 0 Å². The molecule has 4 aromatic rings. The number of aryl methyl sites for hydroxylation is 1. The Labute approximate surface area is 218 Å². The molecule has 1 amide bonds. The van der Waals surface area contributed by atoms with Crippen LogP contribution in [0.3, 0.4) is 0 Å². The molecule has 0 fully saturated rings. The highest BCUT2D eigenvalue weighted by atomic mass is 32.2. The summed E-state index contributed by atoms with van der Waals surface area (Å²) in [5.41, 5.74) is 2.16. The number of pyridine rings is 1. The third kappa shape index (κ3) is 6.39. The van der Waals surface area contributed by atoms with Gasteiger partial charge in [-0.2, -0.15) is 13.2 Å². The molecule has 38 heavy (non-hydrogen) atoms. The molecule has 2 aromatic heterocycles. The van der Waals surface area contributed by atoms with Crippen molar-refractivity contribution in [1.82, 2.24) is 19.9 Å². The number of hydrogen-bond donors (Lipinski definition) is 1. The van der Waals surface area contributed by atoms with Crippen LogP contribution in [0.25, 0.3) is 11.2 Å². The van der Waals surface area contributed by atoms with Gasteiger partial charge >= 0.3 is 6.18 Å². The van der Waals surface area contributed by atoms with E-state index in [2.05, 4.69) is 22.2 Å². The van der Waals surface area contributed by atoms with Crippen LogP contribution in [0.15, 0.2) is 65.7 Å². The van der Waals surface area contributed by atoms with Crippen molar-refractivity contribution in [3.8, 4) is 0 Å². The van der Waals surface area contributed by atoms with Crippen LogP contribution in [-0.4, -0.2) is 35.1 Å². The van der Waals surface area contributed by atoms with Crippen molar-refractivity contribution in [3.63, 3.8) is 0 Å². The summed E-state index contributed by atoms with van der Waals surface area (Å²) in [6.07, 6.45) is 0.330. The number of benzene rings is 2. The number of fused-ring (bicyclic) bond motifs is 1. The Hall–Kier alpha value is -3.73. The molecular weight excluding hydrogens is 517 g/mol. The van der Waals surface area contributed by atoms with Crippen LogP contribution < -0.4 is 5.32 Å². The minimum atomic E-state index is -4.40. The fourth-order valence-corrected chi connectivity index (χ4v) is 4.63. The number of aromatic nitrogens is 3. The number of rotatable bonds is 9. The Bertz CT molecular complexity index is 1550. The first kappa shape index (κ1) is 27.3. The van der Waals surface area contributed by atoms with Gasteiger partial charge in [0, 0.05) is 32.0 Å². The minimum Gasteiger partial charge on any atom is -0.348 e. The lowest BCUT2D eigenvalue weighted by molar-refractivity contribution is -0.137. The summed E-state index contributed by atoms with van der Waals surface area (Å²) in [5, 5.41) is 2.80. The van der Waals surface area contributed by atoms with Gasteiger partial charge in [-0.1, -0.05) is 37.6 Å². The van der Waals surface area contributed by atoms with E-state index in [1.165, 1.54) is 30.5 Å². The molecular formula is C27H27F3N4O3S. The van der Waals surface area contributed by atoms with Crippen molar-refractivity contribution in [3.05, 3.63) is 88.9 Å². The van der Waals surface area contributed by atoms with Gasteiger partial charge in [-0.3, -0.25) is 4.79 Å². The lowest BCUT2D eigenvalue weighted by Crippen LogP contribution is -2.23. The first-order valence-corrected chi connectivity index (χ1v) is 13.9. The van der Waals surface area contributed by atoms with Gasteiger partial charge in [-0.05, 0) is 47.9 Å². The Morgan fingerprint density at radius 3 is 2.29 bits per heavy atom. The number of carbonyl (C=O) groups is 1. The number of unbranched alkanes of at least 4 members (excludes halogenated alkanes) is 1. The van der Waals surface area contributed by atoms with E-state index in [1.807, 2.05) is 4.57 Å². The Balaban J connectivity index is 1.53. The Morgan fingerprint density at radius 1 is 1.03 bits per heavy atom. The Morgan fingerprint density at radius 2 is 1.68 bits per heavy atom. The molecule has 0 atom stereocenters. The summed E-state index contributed by atoms with van der Waals surface area (Å²) in [6.45, 7) is 2.90. The molecule has 0 unspecified atom stereocenters. The first-order chi connectivity index (χ1) is 18.0. The zero-order chi connectivity index (χ0) is 27.5. The number of alkyl halides is 3.